The third kappa shape index (κ3) is 5.31. The number of aromatic amines is 1. The largest absolute Gasteiger partial charge is 0.361 e. The van der Waals surface area contributed by atoms with E-state index >= 15 is 0 Å². The second-order valence-electron chi connectivity index (χ2n) is 9.27. The summed E-state index contributed by atoms with van der Waals surface area (Å²) >= 11 is 6.07. The molecule has 10 heteroatoms. The van der Waals surface area contributed by atoms with Crippen LogP contribution in [0.2, 0.25) is 5.02 Å². The molecule has 4 aromatic rings. The van der Waals surface area contributed by atoms with Crippen molar-refractivity contribution in [3.05, 3.63) is 71.0 Å². The first-order chi connectivity index (χ1) is 16.9. The Morgan fingerprint density at radius 1 is 1.26 bits per heavy atom. The van der Waals surface area contributed by atoms with Gasteiger partial charge >= 0.3 is 0 Å². The number of benzene rings is 1. The van der Waals surface area contributed by atoms with Crippen LogP contribution in [-0.4, -0.2) is 44.6 Å². The molecule has 1 saturated heterocycles. The van der Waals surface area contributed by atoms with Crippen molar-refractivity contribution < 1.29 is 9.32 Å². The van der Waals surface area contributed by atoms with Crippen molar-refractivity contribution in [3.8, 4) is 0 Å². The molecular formula is C25H28ClN7O2. The van der Waals surface area contributed by atoms with Gasteiger partial charge in [-0.3, -0.25) is 4.79 Å². The van der Waals surface area contributed by atoms with Gasteiger partial charge < -0.3 is 25.5 Å². The number of fused-ring (bicyclic) bond motifs is 1. The topological polar surface area (TPSA) is 126 Å². The lowest BCUT2D eigenvalue weighted by atomic mass is 9.85. The quantitative estimate of drug-likeness (QED) is 0.358. The molecule has 0 bridgehead atoms. The fraction of sp³-hybridized carbons (Fsp3) is 0.360. The van der Waals surface area contributed by atoms with Crippen molar-refractivity contribution in [2.24, 2.45) is 5.73 Å². The predicted molar refractivity (Wildman–Crippen MR) is 134 cm³/mol. The molecule has 5 rings (SSSR count). The first kappa shape index (κ1) is 23.3. The van der Waals surface area contributed by atoms with E-state index in [1.54, 1.807) is 6.33 Å². The second kappa shape index (κ2) is 9.67. The first-order valence-corrected chi connectivity index (χ1v) is 12.1. The lowest BCUT2D eigenvalue weighted by molar-refractivity contribution is -0.123. The first-order valence-electron chi connectivity index (χ1n) is 11.7. The Balaban J connectivity index is 1.24. The van der Waals surface area contributed by atoms with Gasteiger partial charge in [0.1, 0.15) is 23.6 Å². The number of nitrogens with one attached hydrogen (secondary N) is 2. The van der Waals surface area contributed by atoms with Gasteiger partial charge in [-0.05, 0) is 43.5 Å². The number of carbonyl (C=O) groups excluding carboxylic acids is 1. The lowest BCUT2D eigenvalue weighted by Gasteiger charge is -2.39. The molecule has 1 amide bonds. The van der Waals surface area contributed by atoms with E-state index in [1.165, 1.54) is 0 Å². The minimum atomic E-state index is -0.585. The molecule has 0 radical (unpaired) electrons. The molecule has 3 aromatic heterocycles. The summed E-state index contributed by atoms with van der Waals surface area (Å²) in [5.74, 6) is 1.51. The number of aromatic nitrogens is 4. The lowest BCUT2D eigenvalue weighted by Crippen LogP contribution is -2.53. The minimum absolute atomic E-state index is 0.0906. The van der Waals surface area contributed by atoms with Crippen molar-refractivity contribution in [1.29, 1.82) is 0 Å². The third-order valence-corrected chi connectivity index (χ3v) is 6.85. The molecule has 1 aromatic carbocycles. The Kier molecular flexibility index (Phi) is 6.44. The van der Waals surface area contributed by atoms with Gasteiger partial charge in [-0.2, -0.15) is 0 Å². The Bertz CT molecular complexity index is 1310. The van der Waals surface area contributed by atoms with Gasteiger partial charge in [-0.15, -0.1) is 0 Å². The smallest absolute Gasteiger partial charge is 0.222 e. The van der Waals surface area contributed by atoms with Crippen molar-refractivity contribution >= 4 is 34.4 Å². The number of piperidine rings is 1. The highest BCUT2D eigenvalue weighted by molar-refractivity contribution is 6.30. The van der Waals surface area contributed by atoms with E-state index < -0.39 is 5.54 Å². The Morgan fingerprint density at radius 2 is 2.03 bits per heavy atom. The number of carbonyl (C=O) groups is 1. The molecule has 1 aliphatic rings. The van der Waals surface area contributed by atoms with Crippen molar-refractivity contribution in [2.45, 2.75) is 44.2 Å². The summed E-state index contributed by atoms with van der Waals surface area (Å²) in [5.41, 5.74) is 8.68. The molecule has 4 heterocycles. The number of amides is 1. The predicted octanol–water partition coefficient (Wildman–Crippen LogP) is 3.70. The van der Waals surface area contributed by atoms with Crippen LogP contribution in [0.15, 0.2) is 53.4 Å². The number of aryl methyl sites for hydroxylation is 1. The van der Waals surface area contributed by atoms with Gasteiger partial charge in [-0.1, -0.05) is 28.9 Å². The normalized spacial score (nSPS) is 16.4. The highest BCUT2D eigenvalue weighted by Crippen LogP contribution is 2.30. The highest BCUT2D eigenvalue weighted by atomic mass is 35.5. The second-order valence-corrected chi connectivity index (χ2v) is 9.71. The summed E-state index contributed by atoms with van der Waals surface area (Å²) in [6, 6.07) is 11.0. The molecule has 0 saturated carbocycles. The molecule has 35 heavy (non-hydrogen) atoms. The van der Waals surface area contributed by atoms with Crippen LogP contribution in [-0.2, 0) is 11.2 Å². The van der Waals surface area contributed by atoms with Crippen LogP contribution in [0.25, 0.3) is 11.0 Å². The van der Waals surface area contributed by atoms with E-state index in [-0.39, 0.29) is 18.4 Å². The zero-order valence-electron chi connectivity index (χ0n) is 19.5. The molecule has 0 aliphatic carbocycles. The van der Waals surface area contributed by atoms with Gasteiger partial charge in [0.2, 0.25) is 5.91 Å². The van der Waals surface area contributed by atoms with Crippen LogP contribution >= 0.6 is 11.6 Å². The number of halogens is 1. The molecule has 1 atom stereocenters. The van der Waals surface area contributed by atoms with E-state index in [4.69, 9.17) is 21.9 Å². The summed E-state index contributed by atoms with van der Waals surface area (Å²) in [4.78, 5) is 27.2. The van der Waals surface area contributed by atoms with Gasteiger partial charge in [0.25, 0.3) is 0 Å². The monoisotopic (exact) mass is 493 g/mol. The summed E-state index contributed by atoms with van der Waals surface area (Å²) in [6.07, 6.45) is 5.52. The fourth-order valence-electron chi connectivity index (χ4n) is 4.68. The Morgan fingerprint density at radius 3 is 2.74 bits per heavy atom. The van der Waals surface area contributed by atoms with Gasteiger partial charge in [-0.25, -0.2) is 9.97 Å². The summed E-state index contributed by atoms with van der Waals surface area (Å²) in [6.45, 7) is 3.31. The number of nitrogens with two attached hydrogens (primary N) is 1. The van der Waals surface area contributed by atoms with Crippen molar-refractivity contribution in [2.75, 3.05) is 18.0 Å². The Hall–Kier alpha value is -3.43. The standard InChI is InChI=1S/C25H28ClN7O2/c1-16-12-19(35-32-16)13-21(17-2-4-18(26)5-3-17)31-22(34)14-25(27)7-10-33(11-8-25)24-20-6-9-28-23(20)29-15-30-24/h2-6,9,12,15,21H,7-8,10-11,13-14,27H2,1H3,(H,31,34)(H,28,29,30). The molecule has 4 N–H and O–H groups in total. The molecule has 182 valence electrons. The minimum Gasteiger partial charge on any atom is -0.361 e. The zero-order chi connectivity index (χ0) is 24.4. The zero-order valence-corrected chi connectivity index (χ0v) is 20.3. The average Bonchev–Trinajstić information content (AvgIpc) is 3.48. The van der Waals surface area contributed by atoms with Crippen LogP contribution in [0.4, 0.5) is 5.82 Å². The number of nitrogens with zero attached hydrogens (tertiary/aromatic N) is 4. The van der Waals surface area contributed by atoms with Crippen molar-refractivity contribution in [3.63, 3.8) is 0 Å². The van der Waals surface area contributed by atoms with E-state index in [0.29, 0.717) is 30.0 Å². The number of hydrogen-bond donors (Lipinski definition) is 3. The molecule has 1 fully saturated rings. The summed E-state index contributed by atoms with van der Waals surface area (Å²) in [5, 5.41) is 8.75. The van der Waals surface area contributed by atoms with Crippen LogP contribution in [0.1, 0.15) is 42.3 Å². The molecule has 9 nitrogen and oxygen atoms in total. The fourth-order valence-corrected chi connectivity index (χ4v) is 4.80. The maximum absolute atomic E-state index is 13.2. The van der Waals surface area contributed by atoms with E-state index in [2.05, 4.69) is 30.3 Å². The molecule has 0 spiro atoms. The molecule has 1 aliphatic heterocycles. The van der Waals surface area contributed by atoms with Crippen LogP contribution in [0, 0.1) is 6.92 Å². The van der Waals surface area contributed by atoms with Gasteiger partial charge in [0.05, 0.1) is 17.1 Å². The summed E-state index contributed by atoms with van der Waals surface area (Å²) < 4.78 is 5.40. The average molecular weight is 494 g/mol. The maximum atomic E-state index is 13.2. The van der Waals surface area contributed by atoms with Crippen molar-refractivity contribution in [1.82, 2.24) is 25.4 Å². The van der Waals surface area contributed by atoms with Crippen LogP contribution in [0.3, 0.4) is 0 Å². The number of H-pyrrole nitrogens is 1. The van der Waals surface area contributed by atoms with Gasteiger partial charge in [0.15, 0.2) is 0 Å². The highest BCUT2D eigenvalue weighted by Gasteiger charge is 2.34. The SMILES string of the molecule is Cc1cc(CC(NC(=O)CC2(N)CCN(c3ncnc4[nH]ccc34)CC2)c2ccc(Cl)cc2)on1. The number of hydrogen-bond acceptors (Lipinski definition) is 7. The van der Waals surface area contributed by atoms with Gasteiger partial charge in [0, 0.05) is 48.8 Å². The van der Waals surface area contributed by atoms with E-state index in [9.17, 15) is 4.79 Å². The third-order valence-electron chi connectivity index (χ3n) is 6.59. The maximum Gasteiger partial charge on any atom is 0.222 e. The number of anilines is 1. The Labute approximate surface area is 208 Å². The molecule has 1 unspecified atom stereocenters. The molecular weight excluding hydrogens is 466 g/mol. The number of rotatable bonds is 7. The van der Waals surface area contributed by atoms with Crippen LogP contribution < -0.4 is 16.0 Å². The van der Waals surface area contributed by atoms with E-state index in [0.717, 1.165) is 41.2 Å². The van der Waals surface area contributed by atoms with Crippen LogP contribution in [0.5, 0.6) is 0 Å². The summed E-state index contributed by atoms with van der Waals surface area (Å²) in [7, 11) is 0. The van der Waals surface area contributed by atoms with E-state index in [1.807, 2.05) is 49.5 Å².